The highest BCUT2D eigenvalue weighted by Gasteiger charge is 2.21. The van der Waals surface area contributed by atoms with Crippen molar-refractivity contribution in [3.05, 3.63) is 47.5 Å². The zero-order chi connectivity index (χ0) is 19.4. The van der Waals surface area contributed by atoms with Crippen LogP contribution in [0.25, 0.3) is 10.8 Å². The van der Waals surface area contributed by atoms with Gasteiger partial charge < -0.3 is 19.9 Å². The van der Waals surface area contributed by atoms with Gasteiger partial charge in [-0.1, -0.05) is 24.3 Å². The van der Waals surface area contributed by atoms with Crippen LogP contribution in [0.2, 0.25) is 0 Å². The Morgan fingerprint density at radius 2 is 2.11 bits per heavy atom. The Bertz CT molecular complexity index is 860. The van der Waals surface area contributed by atoms with Crippen LogP contribution in [0.4, 0.5) is 0 Å². The van der Waals surface area contributed by atoms with E-state index in [9.17, 15) is 9.90 Å². The smallest absolute Gasteiger partial charge is 0.274 e. The van der Waals surface area contributed by atoms with Crippen molar-refractivity contribution in [3.8, 4) is 5.75 Å². The number of carbonyl (C=O) groups excluding carboxylic acids is 1. The molecule has 0 radical (unpaired) electrons. The van der Waals surface area contributed by atoms with Gasteiger partial charge in [-0.2, -0.15) is 0 Å². The first kappa shape index (κ1) is 19.1. The molecule has 1 saturated heterocycles. The van der Waals surface area contributed by atoms with Crippen LogP contribution in [0, 0.1) is 6.92 Å². The van der Waals surface area contributed by atoms with Gasteiger partial charge in [0.05, 0.1) is 32.6 Å². The molecule has 0 atom stereocenters. The van der Waals surface area contributed by atoms with E-state index in [4.69, 9.17) is 9.47 Å². The summed E-state index contributed by atoms with van der Waals surface area (Å²) in [6.07, 6.45) is 0. The number of carbonyl (C=O) groups is 1. The highest BCUT2D eigenvalue weighted by atomic mass is 16.5. The molecule has 27 heavy (non-hydrogen) atoms. The maximum absolute atomic E-state index is 12.6. The van der Waals surface area contributed by atoms with Gasteiger partial charge in [0.15, 0.2) is 11.4 Å². The lowest BCUT2D eigenvalue weighted by molar-refractivity contribution is 0.0338. The summed E-state index contributed by atoms with van der Waals surface area (Å²) in [5.41, 5.74) is 1.85. The lowest BCUT2D eigenvalue weighted by atomic mass is 10.0. The van der Waals surface area contributed by atoms with Crippen LogP contribution in [-0.2, 0) is 16.0 Å². The molecule has 1 aromatic carbocycles. The first-order valence-electron chi connectivity index (χ1n) is 8.92. The van der Waals surface area contributed by atoms with Crippen molar-refractivity contribution in [2.24, 2.45) is 0 Å². The van der Waals surface area contributed by atoms with Crippen LogP contribution in [-0.4, -0.2) is 60.9 Å². The summed E-state index contributed by atoms with van der Waals surface area (Å²) >= 11 is 0. The molecule has 1 aliphatic heterocycles. The lowest BCUT2D eigenvalue weighted by Crippen LogP contribution is -2.36. The summed E-state index contributed by atoms with van der Waals surface area (Å²) in [4.78, 5) is 19.3. The SMILES string of the molecule is C=C(CNC(=O)c1nc(CN2CCOCC2)c2cc(C)ccc2c1O)OC. The van der Waals surface area contributed by atoms with Gasteiger partial charge in [0.1, 0.15) is 5.76 Å². The average Bonchev–Trinajstić information content (AvgIpc) is 2.68. The van der Waals surface area contributed by atoms with Gasteiger partial charge in [0.2, 0.25) is 0 Å². The van der Waals surface area contributed by atoms with Crippen molar-refractivity contribution >= 4 is 16.7 Å². The van der Waals surface area contributed by atoms with Gasteiger partial charge in [-0.25, -0.2) is 4.98 Å². The number of amides is 1. The molecule has 0 bridgehead atoms. The highest BCUT2D eigenvalue weighted by Crippen LogP contribution is 2.31. The zero-order valence-corrected chi connectivity index (χ0v) is 15.7. The minimum atomic E-state index is -0.462. The molecule has 1 aliphatic rings. The van der Waals surface area contributed by atoms with E-state index in [0.29, 0.717) is 30.9 Å². The largest absolute Gasteiger partial charge is 0.505 e. The Labute approximate surface area is 158 Å². The van der Waals surface area contributed by atoms with Crippen molar-refractivity contribution in [2.75, 3.05) is 40.0 Å². The number of pyridine rings is 1. The van der Waals surface area contributed by atoms with Crippen molar-refractivity contribution < 1.29 is 19.4 Å². The summed E-state index contributed by atoms with van der Waals surface area (Å²) in [5, 5.41) is 14.8. The number of benzene rings is 1. The van der Waals surface area contributed by atoms with Gasteiger partial charge in [-0.15, -0.1) is 0 Å². The standard InChI is InChI=1S/C20H25N3O4/c1-13-4-5-15-16(10-13)17(12-23-6-8-27-9-7-23)22-18(19(15)24)20(25)21-11-14(2)26-3/h4-5,10,24H,2,6-9,11-12H2,1,3H3,(H,21,25). The summed E-state index contributed by atoms with van der Waals surface area (Å²) in [7, 11) is 1.49. The number of aryl methyl sites for hydroxylation is 1. The zero-order valence-electron chi connectivity index (χ0n) is 15.7. The van der Waals surface area contributed by atoms with Crippen molar-refractivity contribution in [2.45, 2.75) is 13.5 Å². The number of ether oxygens (including phenoxy) is 2. The number of fused-ring (bicyclic) bond motifs is 1. The highest BCUT2D eigenvalue weighted by molar-refractivity contribution is 6.02. The van der Waals surface area contributed by atoms with E-state index in [1.807, 2.05) is 25.1 Å². The second kappa shape index (κ2) is 8.37. The van der Waals surface area contributed by atoms with E-state index in [0.717, 1.165) is 29.7 Å². The monoisotopic (exact) mass is 371 g/mol. The molecular weight excluding hydrogens is 346 g/mol. The van der Waals surface area contributed by atoms with Gasteiger partial charge >= 0.3 is 0 Å². The third kappa shape index (κ3) is 4.37. The van der Waals surface area contributed by atoms with Gasteiger partial charge in [-0.3, -0.25) is 9.69 Å². The maximum Gasteiger partial charge on any atom is 0.274 e. The maximum atomic E-state index is 12.6. The van der Waals surface area contributed by atoms with Crippen LogP contribution in [0.15, 0.2) is 30.5 Å². The molecule has 2 aromatic rings. The molecule has 7 heteroatoms. The number of nitrogens with one attached hydrogen (secondary N) is 1. The van der Waals surface area contributed by atoms with E-state index in [-0.39, 0.29) is 18.0 Å². The average molecular weight is 371 g/mol. The second-order valence-electron chi connectivity index (χ2n) is 6.62. The fraction of sp³-hybridized carbons (Fsp3) is 0.400. The fourth-order valence-electron chi connectivity index (χ4n) is 3.06. The summed E-state index contributed by atoms with van der Waals surface area (Å²) < 4.78 is 10.4. The topological polar surface area (TPSA) is 83.9 Å². The van der Waals surface area contributed by atoms with Crippen LogP contribution in [0.3, 0.4) is 0 Å². The van der Waals surface area contributed by atoms with Crippen molar-refractivity contribution in [1.82, 2.24) is 15.2 Å². The van der Waals surface area contributed by atoms with Gasteiger partial charge in [-0.05, 0) is 13.0 Å². The number of aromatic nitrogens is 1. The van der Waals surface area contributed by atoms with Gasteiger partial charge in [0, 0.05) is 30.4 Å². The first-order valence-corrected chi connectivity index (χ1v) is 8.92. The van der Waals surface area contributed by atoms with Crippen LogP contribution in [0.1, 0.15) is 21.7 Å². The van der Waals surface area contributed by atoms with E-state index in [2.05, 4.69) is 21.8 Å². The van der Waals surface area contributed by atoms with Crippen LogP contribution in [0.5, 0.6) is 5.75 Å². The Morgan fingerprint density at radius 1 is 1.37 bits per heavy atom. The Morgan fingerprint density at radius 3 is 2.81 bits per heavy atom. The Balaban J connectivity index is 1.98. The number of methoxy groups -OCH3 is 1. The lowest BCUT2D eigenvalue weighted by Gasteiger charge is -2.27. The number of rotatable bonds is 6. The minimum absolute atomic E-state index is 0.0125. The molecule has 7 nitrogen and oxygen atoms in total. The fourth-order valence-corrected chi connectivity index (χ4v) is 3.06. The van der Waals surface area contributed by atoms with Crippen LogP contribution < -0.4 is 5.32 Å². The predicted octanol–water partition coefficient (Wildman–Crippen LogP) is 1.97. The van der Waals surface area contributed by atoms with E-state index >= 15 is 0 Å². The number of hydrogen-bond acceptors (Lipinski definition) is 6. The Hall–Kier alpha value is -2.64. The first-order chi connectivity index (χ1) is 13.0. The van der Waals surface area contributed by atoms with Gasteiger partial charge in [0.25, 0.3) is 5.91 Å². The molecule has 0 unspecified atom stereocenters. The minimum Gasteiger partial charge on any atom is -0.505 e. The number of morpholine rings is 1. The number of hydrogen-bond donors (Lipinski definition) is 2. The van der Waals surface area contributed by atoms with Crippen LogP contribution >= 0.6 is 0 Å². The van der Waals surface area contributed by atoms with E-state index < -0.39 is 5.91 Å². The number of aromatic hydroxyl groups is 1. The molecule has 1 aromatic heterocycles. The normalized spacial score (nSPS) is 14.9. The quantitative estimate of drug-likeness (QED) is 0.756. The molecule has 0 aliphatic carbocycles. The predicted molar refractivity (Wildman–Crippen MR) is 103 cm³/mol. The second-order valence-corrected chi connectivity index (χ2v) is 6.62. The van der Waals surface area contributed by atoms with E-state index in [1.165, 1.54) is 7.11 Å². The third-order valence-electron chi connectivity index (χ3n) is 4.64. The molecular formula is C20H25N3O4. The third-order valence-corrected chi connectivity index (χ3v) is 4.64. The molecule has 0 spiro atoms. The van der Waals surface area contributed by atoms with Crippen molar-refractivity contribution in [3.63, 3.8) is 0 Å². The summed E-state index contributed by atoms with van der Waals surface area (Å²) in [6.45, 7) is 9.40. The summed E-state index contributed by atoms with van der Waals surface area (Å²) in [6, 6.07) is 5.73. The Kier molecular flexibility index (Phi) is 5.93. The molecule has 2 N–H and O–H groups in total. The molecule has 0 saturated carbocycles. The molecule has 1 amide bonds. The molecule has 2 heterocycles. The number of nitrogens with zero attached hydrogens (tertiary/aromatic N) is 2. The molecule has 144 valence electrons. The summed E-state index contributed by atoms with van der Waals surface area (Å²) in [5.74, 6) is -0.152. The molecule has 3 rings (SSSR count). The van der Waals surface area contributed by atoms with E-state index in [1.54, 1.807) is 0 Å². The van der Waals surface area contributed by atoms with Crippen molar-refractivity contribution in [1.29, 1.82) is 0 Å². The molecule has 1 fully saturated rings.